The number of hydrogen-bond acceptors (Lipinski definition) is 4. The van der Waals surface area contributed by atoms with Crippen LogP contribution in [0.3, 0.4) is 0 Å². The zero-order chi connectivity index (χ0) is 23.3. The van der Waals surface area contributed by atoms with Crippen molar-refractivity contribution < 1.29 is 17.4 Å². The van der Waals surface area contributed by atoms with Crippen LogP contribution in [-0.2, 0) is 17.4 Å². The molecule has 0 aromatic carbocycles. The van der Waals surface area contributed by atoms with Crippen LogP contribution >= 0.6 is 0 Å². The van der Waals surface area contributed by atoms with Crippen molar-refractivity contribution in [3.63, 3.8) is 0 Å². The van der Waals surface area contributed by atoms with Crippen LogP contribution in [-0.4, -0.2) is 36.1 Å². The SMILES string of the molecule is CCCCC1C=CN=C(C)C1C1=CN=C(N)/C1=C\C=C/[NH-].CCCN1CCC1.[CH2-]C1CC1.[Cr+2]. The zero-order valence-corrected chi connectivity index (χ0v) is 22.1. The van der Waals surface area contributed by atoms with E-state index in [9.17, 15) is 0 Å². The number of likely N-dealkylation sites (tertiary alicyclic amines) is 1. The first-order chi connectivity index (χ1) is 15.5. The van der Waals surface area contributed by atoms with Gasteiger partial charge in [0.05, 0.1) is 0 Å². The molecule has 0 aromatic heterocycles. The van der Waals surface area contributed by atoms with Gasteiger partial charge in [0.2, 0.25) is 0 Å². The fraction of sp³-hybridized carbons (Fsp3) is 0.593. The quantitative estimate of drug-likeness (QED) is 0.416. The van der Waals surface area contributed by atoms with Crippen LogP contribution in [0.25, 0.3) is 5.73 Å². The van der Waals surface area contributed by atoms with E-state index < -0.39 is 0 Å². The second-order valence-corrected chi connectivity index (χ2v) is 9.07. The average molecular weight is 490 g/mol. The standard InChI is InChI=1S/C17H23N4.C6H13N.C4H7.Cr/c1-3-4-6-13-8-10-20-12(2)16(13)15-11-21-17(19)14(15)7-5-9-18;1-2-4-7-5-3-6-7;1-4-2-3-4;/h5,7-11,13,16,18H,3-4,6H2,1-2H3,(H2,19,21);2-6H2,1H3;4H,1-3H2;/q-1;;-1;+2/b9-5-,14-7-;;;. The van der Waals surface area contributed by atoms with Crippen LogP contribution in [0.15, 0.2) is 58.0 Å². The normalized spacial score (nSPS) is 25.1. The van der Waals surface area contributed by atoms with E-state index in [0.717, 1.165) is 29.2 Å². The van der Waals surface area contributed by atoms with E-state index in [1.165, 1.54) is 64.4 Å². The average Bonchev–Trinajstić information content (AvgIpc) is 3.46. The molecule has 0 spiro atoms. The van der Waals surface area contributed by atoms with Crippen molar-refractivity contribution in [2.45, 2.75) is 65.7 Å². The van der Waals surface area contributed by atoms with E-state index in [2.05, 4.69) is 48.7 Å². The molecule has 4 rings (SSSR count). The van der Waals surface area contributed by atoms with Crippen molar-refractivity contribution >= 4 is 11.5 Å². The predicted molar refractivity (Wildman–Crippen MR) is 139 cm³/mol. The van der Waals surface area contributed by atoms with Crippen LogP contribution in [0.2, 0.25) is 0 Å². The summed E-state index contributed by atoms with van der Waals surface area (Å²) in [7, 11) is 0. The zero-order valence-electron chi connectivity index (χ0n) is 20.8. The molecule has 0 bridgehead atoms. The molecule has 2 atom stereocenters. The largest absolute Gasteiger partial charge is 2.00 e. The van der Waals surface area contributed by atoms with Crippen molar-refractivity contribution in [3.8, 4) is 0 Å². The molecule has 2 unspecified atom stereocenters. The van der Waals surface area contributed by atoms with E-state index in [-0.39, 0.29) is 23.3 Å². The minimum Gasteiger partial charge on any atom is -0.705 e. The van der Waals surface area contributed by atoms with Crippen molar-refractivity contribution in [2.75, 3.05) is 19.6 Å². The third-order valence-corrected chi connectivity index (χ3v) is 6.19. The van der Waals surface area contributed by atoms with Crippen LogP contribution < -0.4 is 5.73 Å². The Bertz CT molecular complexity index is 754. The Labute approximate surface area is 213 Å². The molecule has 0 radical (unpaired) electrons. The first-order valence-electron chi connectivity index (χ1n) is 12.4. The molecular weight excluding hydrogens is 446 g/mol. The summed E-state index contributed by atoms with van der Waals surface area (Å²) in [5.74, 6) is 2.04. The molecule has 5 nitrogen and oxygen atoms in total. The summed E-state index contributed by atoms with van der Waals surface area (Å²) < 4.78 is 0. The van der Waals surface area contributed by atoms with Crippen molar-refractivity contribution in [1.29, 1.82) is 0 Å². The van der Waals surface area contributed by atoms with E-state index in [1.54, 1.807) is 6.08 Å². The number of nitrogens with one attached hydrogen (secondary N) is 1. The fourth-order valence-electron chi connectivity index (χ4n) is 3.97. The second kappa shape index (κ2) is 16.1. The Morgan fingerprint density at radius 3 is 2.39 bits per heavy atom. The number of allylic oxidation sites excluding steroid dienone is 3. The molecule has 0 aromatic rings. The molecule has 6 heteroatoms. The number of unbranched alkanes of at least 4 members (excludes halogenated alkanes) is 1. The van der Waals surface area contributed by atoms with E-state index in [0.29, 0.717) is 11.8 Å². The molecule has 4 aliphatic rings. The third kappa shape index (κ3) is 10.0. The molecule has 1 saturated carbocycles. The topological polar surface area (TPSA) is 77.8 Å². The van der Waals surface area contributed by atoms with Gasteiger partial charge in [0.1, 0.15) is 5.84 Å². The number of rotatable bonds is 7. The number of amidine groups is 1. The molecule has 3 heterocycles. The Kier molecular flexibility index (Phi) is 14.3. The Morgan fingerprint density at radius 2 is 1.91 bits per heavy atom. The third-order valence-electron chi connectivity index (χ3n) is 6.19. The van der Waals surface area contributed by atoms with Gasteiger partial charge < -0.3 is 23.3 Å². The fourth-order valence-corrected chi connectivity index (χ4v) is 3.97. The summed E-state index contributed by atoms with van der Waals surface area (Å²) >= 11 is 0. The number of nitrogens with zero attached hydrogens (tertiary/aromatic N) is 3. The van der Waals surface area contributed by atoms with Gasteiger partial charge in [-0.15, -0.1) is 0 Å². The molecule has 182 valence electrons. The minimum atomic E-state index is 0. The summed E-state index contributed by atoms with van der Waals surface area (Å²) in [5.41, 5.74) is 16.3. The van der Waals surface area contributed by atoms with Crippen LogP contribution in [0, 0.1) is 24.7 Å². The summed E-state index contributed by atoms with van der Waals surface area (Å²) in [6.07, 6.45) is 19.8. The van der Waals surface area contributed by atoms with Crippen molar-refractivity contribution in [2.24, 2.45) is 33.5 Å². The van der Waals surface area contributed by atoms with Gasteiger partial charge in [0.25, 0.3) is 0 Å². The number of hydrogen-bond donors (Lipinski definition) is 1. The van der Waals surface area contributed by atoms with E-state index in [4.69, 9.17) is 11.5 Å². The Hall–Kier alpha value is -1.61. The van der Waals surface area contributed by atoms with Crippen LogP contribution in [0.4, 0.5) is 0 Å². The molecule has 1 saturated heterocycles. The molecule has 1 aliphatic carbocycles. The van der Waals surface area contributed by atoms with Gasteiger partial charge in [0.15, 0.2) is 0 Å². The van der Waals surface area contributed by atoms with Gasteiger partial charge in [-0.2, -0.15) is 12.1 Å². The van der Waals surface area contributed by atoms with Gasteiger partial charge in [-0.3, -0.25) is 4.99 Å². The van der Waals surface area contributed by atoms with Gasteiger partial charge in [-0.05, 0) is 57.3 Å². The first kappa shape index (κ1) is 29.4. The number of nitrogens with two attached hydrogens (primary N) is 1. The Morgan fingerprint density at radius 1 is 1.21 bits per heavy atom. The summed E-state index contributed by atoms with van der Waals surface area (Å²) in [4.78, 5) is 11.2. The van der Waals surface area contributed by atoms with Gasteiger partial charge in [-0.25, -0.2) is 4.99 Å². The summed E-state index contributed by atoms with van der Waals surface area (Å²) in [5, 5.41) is 0. The predicted octanol–water partition coefficient (Wildman–Crippen LogP) is 6.47. The van der Waals surface area contributed by atoms with Crippen molar-refractivity contribution in [3.05, 3.63) is 60.6 Å². The molecular formula is C27H43CrN5. The van der Waals surface area contributed by atoms with Gasteiger partial charge >= 0.3 is 17.4 Å². The summed E-state index contributed by atoms with van der Waals surface area (Å²) in [6, 6.07) is 0. The maximum atomic E-state index is 7.15. The first-order valence-corrected chi connectivity index (χ1v) is 12.4. The van der Waals surface area contributed by atoms with E-state index in [1.807, 2.05) is 18.5 Å². The molecule has 0 amide bonds. The second-order valence-electron chi connectivity index (χ2n) is 9.07. The maximum Gasteiger partial charge on any atom is 2.00 e. The number of aliphatic imine (C=N–C) groups is 2. The minimum absolute atomic E-state index is 0. The van der Waals surface area contributed by atoms with Crippen LogP contribution in [0.5, 0.6) is 0 Å². The summed E-state index contributed by atoms with van der Waals surface area (Å²) in [6.45, 7) is 14.3. The Balaban J connectivity index is 0.000000370. The maximum absolute atomic E-state index is 7.15. The smallest absolute Gasteiger partial charge is 0.705 e. The molecule has 3 aliphatic heterocycles. The van der Waals surface area contributed by atoms with Gasteiger partial charge in [-0.1, -0.05) is 57.8 Å². The monoisotopic (exact) mass is 489 g/mol. The van der Waals surface area contributed by atoms with E-state index >= 15 is 0 Å². The molecule has 2 fully saturated rings. The van der Waals surface area contributed by atoms with Gasteiger partial charge in [0, 0.05) is 29.6 Å². The molecule has 33 heavy (non-hydrogen) atoms. The van der Waals surface area contributed by atoms with Crippen molar-refractivity contribution in [1.82, 2.24) is 4.90 Å². The van der Waals surface area contributed by atoms with Crippen LogP contribution in [0.1, 0.15) is 65.7 Å². The molecule has 3 N–H and O–H groups in total.